The maximum atomic E-state index is 10.5. The van der Waals surface area contributed by atoms with Crippen LogP contribution in [0.4, 0.5) is 0 Å². The minimum absolute atomic E-state index is 0.0706. The standard InChI is InChI=1S/C11H12BrClO2/c12-10-4-3-8(7-11(14)15)6-9(10)2-1-5-13/h3-4,6H,1-2,5,7H2,(H,14,15). The molecule has 4 heteroatoms. The van der Waals surface area contributed by atoms with Crippen LogP contribution in [-0.2, 0) is 17.6 Å². The Kier molecular flexibility index (Phi) is 5.12. The Morgan fingerprint density at radius 3 is 2.80 bits per heavy atom. The van der Waals surface area contributed by atoms with E-state index in [9.17, 15) is 4.79 Å². The van der Waals surface area contributed by atoms with Crippen molar-refractivity contribution in [3.8, 4) is 0 Å². The van der Waals surface area contributed by atoms with Crippen molar-refractivity contribution in [2.24, 2.45) is 0 Å². The van der Waals surface area contributed by atoms with Crippen molar-refractivity contribution in [1.29, 1.82) is 0 Å². The van der Waals surface area contributed by atoms with Crippen LogP contribution in [0.1, 0.15) is 17.5 Å². The summed E-state index contributed by atoms with van der Waals surface area (Å²) in [5, 5.41) is 8.67. The maximum absolute atomic E-state index is 10.5. The van der Waals surface area contributed by atoms with Crippen molar-refractivity contribution < 1.29 is 9.90 Å². The van der Waals surface area contributed by atoms with Crippen molar-refractivity contribution in [2.75, 3.05) is 5.88 Å². The average Bonchev–Trinajstić information content (AvgIpc) is 2.18. The van der Waals surface area contributed by atoms with E-state index in [1.54, 1.807) is 0 Å². The number of hydrogen-bond donors (Lipinski definition) is 1. The number of halogens is 2. The predicted molar refractivity (Wildman–Crippen MR) is 64.5 cm³/mol. The first-order valence-corrected chi connectivity index (χ1v) is 6.01. The van der Waals surface area contributed by atoms with Crippen molar-refractivity contribution in [3.63, 3.8) is 0 Å². The van der Waals surface area contributed by atoms with Gasteiger partial charge in [0.05, 0.1) is 6.42 Å². The molecule has 0 aliphatic rings. The summed E-state index contributed by atoms with van der Waals surface area (Å²) in [6.07, 6.45) is 1.84. The van der Waals surface area contributed by atoms with Crippen LogP contribution < -0.4 is 0 Å². The zero-order chi connectivity index (χ0) is 11.3. The number of hydrogen-bond acceptors (Lipinski definition) is 1. The summed E-state index contributed by atoms with van der Waals surface area (Å²) in [5.74, 6) is -0.184. The highest BCUT2D eigenvalue weighted by atomic mass is 79.9. The van der Waals surface area contributed by atoms with Crippen molar-refractivity contribution >= 4 is 33.5 Å². The molecule has 0 bridgehead atoms. The van der Waals surface area contributed by atoms with E-state index in [-0.39, 0.29) is 6.42 Å². The summed E-state index contributed by atoms with van der Waals surface area (Å²) in [4.78, 5) is 10.5. The van der Waals surface area contributed by atoms with Gasteiger partial charge in [0, 0.05) is 10.4 Å². The van der Waals surface area contributed by atoms with E-state index in [0.717, 1.165) is 28.4 Å². The van der Waals surface area contributed by atoms with E-state index in [2.05, 4.69) is 15.9 Å². The summed E-state index contributed by atoms with van der Waals surface area (Å²) in [5.41, 5.74) is 1.95. The molecule has 1 N–H and O–H groups in total. The lowest BCUT2D eigenvalue weighted by atomic mass is 10.1. The van der Waals surface area contributed by atoms with Gasteiger partial charge in [-0.05, 0) is 30.0 Å². The van der Waals surface area contributed by atoms with Gasteiger partial charge in [-0.15, -0.1) is 11.6 Å². The van der Waals surface area contributed by atoms with Gasteiger partial charge in [0.15, 0.2) is 0 Å². The number of carboxylic acids is 1. The van der Waals surface area contributed by atoms with Gasteiger partial charge in [-0.2, -0.15) is 0 Å². The first kappa shape index (κ1) is 12.5. The Balaban J connectivity index is 2.79. The minimum Gasteiger partial charge on any atom is -0.481 e. The molecule has 0 atom stereocenters. The molecule has 0 fully saturated rings. The fourth-order valence-corrected chi connectivity index (χ4v) is 1.94. The largest absolute Gasteiger partial charge is 0.481 e. The number of aryl methyl sites for hydroxylation is 1. The Morgan fingerprint density at radius 1 is 1.47 bits per heavy atom. The Hall–Kier alpha value is -0.540. The van der Waals surface area contributed by atoms with E-state index in [1.807, 2.05) is 18.2 Å². The fraction of sp³-hybridized carbons (Fsp3) is 0.364. The summed E-state index contributed by atoms with van der Waals surface area (Å²) < 4.78 is 1.02. The Bertz CT molecular complexity index is 352. The van der Waals surface area contributed by atoms with Gasteiger partial charge in [-0.25, -0.2) is 0 Å². The van der Waals surface area contributed by atoms with Gasteiger partial charge in [0.2, 0.25) is 0 Å². The molecule has 0 amide bonds. The maximum Gasteiger partial charge on any atom is 0.307 e. The second kappa shape index (κ2) is 6.13. The molecule has 0 aliphatic heterocycles. The fourth-order valence-electron chi connectivity index (χ4n) is 1.36. The first-order valence-electron chi connectivity index (χ1n) is 4.68. The summed E-state index contributed by atoms with van der Waals surface area (Å²) in [6, 6.07) is 5.63. The molecule has 2 nitrogen and oxygen atoms in total. The number of carbonyl (C=O) groups is 1. The molecule has 0 heterocycles. The van der Waals surface area contributed by atoms with Crippen LogP contribution in [0, 0.1) is 0 Å². The zero-order valence-electron chi connectivity index (χ0n) is 8.17. The molecule has 1 rings (SSSR count). The molecule has 1 aromatic rings. The van der Waals surface area contributed by atoms with Gasteiger partial charge >= 0.3 is 5.97 Å². The zero-order valence-corrected chi connectivity index (χ0v) is 10.5. The highest BCUT2D eigenvalue weighted by Crippen LogP contribution is 2.20. The van der Waals surface area contributed by atoms with Crippen LogP contribution in [0.3, 0.4) is 0 Å². The van der Waals surface area contributed by atoms with Crippen LogP contribution in [0.25, 0.3) is 0 Å². The number of aliphatic carboxylic acids is 1. The molecule has 82 valence electrons. The monoisotopic (exact) mass is 290 g/mol. The molecule has 0 aliphatic carbocycles. The molecule has 0 saturated carbocycles. The molecule has 1 aromatic carbocycles. The molecule has 0 saturated heterocycles. The van der Waals surface area contributed by atoms with E-state index in [4.69, 9.17) is 16.7 Å². The molecule has 0 unspecified atom stereocenters. The third-order valence-corrected chi connectivity index (χ3v) is 3.09. The molecular weight excluding hydrogens is 279 g/mol. The molecule has 0 spiro atoms. The summed E-state index contributed by atoms with van der Waals surface area (Å²) in [7, 11) is 0. The molecule has 0 radical (unpaired) electrons. The van der Waals surface area contributed by atoms with Gasteiger partial charge in [0.25, 0.3) is 0 Å². The van der Waals surface area contributed by atoms with Crippen LogP contribution in [0.15, 0.2) is 22.7 Å². The molecule has 0 aromatic heterocycles. The van der Waals surface area contributed by atoms with Crippen molar-refractivity contribution in [1.82, 2.24) is 0 Å². The third-order valence-electron chi connectivity index (χ3n) is 2.05. The number of rotatable bonds is 5. The van der Waals surface area contributed by atoms with E-state index < -0.39 is 5.97 Å². The van der Waals surface area contributed by atoms with Crippen LogP contribution >= 0.6 is 27.5 Å². The van der Waals surface area contributed by atoms with E-state index >= 15 is 0 Å². The highest BCUT2D eigenvalue weighted by Gasteiger charge is 2.04. The van der Waals surface area contributed by atoms with Crippen molar-refractivity contribution in [3.05, 3.63) is 33.8 Å². The van der Waals surface area contributed by atoms with Crippen LogP contribution in [-0.4, -0.2) is 17.0 Å². The number of alkyl halides is 1. The van der Waals surface area contributed by atoms with Gasteiger partial charge < -0.3 is 5.11 Å². The lowest BCUT2D eigenvalue weighted by Gasteiger charge is -2.05. The topological polar surface area (TPSA) is 37.3 Å². The lowest BCUT2D eigenvalue weighted by Crippen LogP contribution is -2.01. The van der Waals surface area contributed by atoms with Crippen LogP contribution in [0.5, 0.6) is 0 Å². The van der Waals surface area contributed by atoms with E-state index in [0.29, 0.717) is 5.88 Å². The van der Waals surface area contributed by atoms with Crippen LogP contribution in [0.2, 0.25) is 0 Å². The van der Waals surface area contributed by atoms with Crippen molar-refractivity contribution in [2.45, 2.75) is 19.3 Å². The SMILES string of the molecule is O=C(O)Cc1ccc(Br)c(CCCCl)c1. The van der Waals surface area contributed by atoms with Gasteiger partial charge in [-0.3, -0.25) is 4.79 Å². The average molecular weight is 292 g/mol. The first-order chi connectivity index (χ1) is 7.13. The Labute approximate surface area is 102 Å². The summed E-state index contributed by atoms with van der Waals surface area (Å²) in [6.45, 7) is 0. The van der Waals surface area contributed by atoms with Gasteiger partial charge in [-0.1, -0.05) is 28.1 Å². The number of carboxylic acid groups (broad SMARTS) is 1. The predicted octanol–water partition coefficient (Wildman–Crippen LogP) is 3.25. The highest BCUT2D eigenvalue weighted by molar-refractivity contribution is 9.10. The normalized spacial score (nSPS) is 10.3. The smallest absolute Gasteiger partial charge is 0.307 e. The molecule has 15 heavy (non-hydrogen) atoms. The molecular formula is C11H12BrClO2. The van der Waals surface area contributed by atoms with E-state index in [1.165, 1.54) is 0 Å². The number of benzene rings is 1. The summed E-state index contributed by atoms with van der Waals surface area (Å²) >= 11 is 9.05. The second-order valence-electron chi connectivity index (χ2n) is 3.29. The quantitative estimate of drug-likeness (QED) is 0.846. The minimum atomic E-state index is -0.805. The Morgan fingerprint density at radius 2 is 2.20 bits per heavy atom. The second-order valence-corrected chi connectivity index (χ2v) is 4.52. The lowest BCUT2D eigenvalue weighted by molar-refractivity contribution is -0.136. The van der Waals surface area contributed by atoms with Gasteiger partial charge in [0.1, 0.15) is 0 Å². The third kappa shape index (κ3) is 4.22.